The Morgan fingerprint density at radius 3 is 2.29 bits per heavy atom. The van der Waals surface area contributed by atoms with Crippen LogP contribution in [0.15, 0.2) is 24.3 Å². The van der Waals surface area contributed by atoms with Crippen LogP contribution in [0, 0.1) is 6.92 Å². The summed E-state index contributed by atoms with van der Waals surface area (Å²) in [5.41, 5.74) is 2.05. The van der Waals surface area contributed by atoms with Gasteiger partial charge >= 0.3 is 0 Å². The van der Waals surface area contributed by atoms with Crippen molar-refractivity contribution in [3.63, 3.8) is 0 Å². The van der Waals surface area contributed by atoms with Crippen molar-refractivity contribution in [2.75, 3.05) is 32.7 Å². The molecule has 0 unspecified atom stereocenters. The molecule has 0 radical (unpaired) electrons. The van der Waals surface area contributed by atoms with Crippen molar-refractivity contribution in [3.05, 3.63) is 35.4 Å². The molecule has 2 aliphatic rings. The lowest BCUT2D eigenvalue weighted by Gasteiger charge is -2.37. The normalized spacial score (nSPS) is 21.8. The van der Waals surface area contributed by atoms with Crippen LogP contribution in [-0.2, 0) is 0 Å². The molecular weight excluding hydrogens is 260 g/mol. The van der Waals surface area contributed by atoms with Crippen LogP contribution in [0.3, 0.4) is 0 Å². The first-order chi connectivity index (χ1) is 10.2. The Hall–Kier alpha value is -1.19. The molecule has 21 heavy (non-hydrogen) atoms. The van der Waals surface area contributed by atoms with Gasteiger partial charge in [-0.1, -0.05) is 42.7 Å². The van der Waals surface area contributed by atoms with Gasteiger partial charge in [0.15, 0.2) is 5.78 Å². The van der Waals surface area contributed by atoms with E-state index in [1.165, 1.54) is 31.2 Å². The standard InChI is InChI=1S/C18H26N2O/c1-15-6-8-16(9-7-15)18(21)14-19-10-12-20(13-11-19)17-4-2-3-5-17/h6-9,17H,2-5,10-14H2,1H3. The fraction of sp³-hybridized carbons (Fsp3) is 0.611. The summed E-state index contributed by atoms with van der Waals surface area (Å²) in [6, 6.07) is 8.76. The highest BCUT2D eigenvalue weighted by Gasteiger charge is 2.26. The van der Waals surface area contributed by atoms with Gasteiger partial charge < -0.3 is 0 Å². The van der Waals surface area contributed by atoms with Gasteiger partial charge in [0.05, 0.1) is 6.54 Å². The van der Waals surface area contributed by atoms with Gasteiger partial charge in [0, 0.05) is 37.8 Å². The van der Waals surface area contributed by atoms with Crippen molar-refractivity contribution in [1.29, 1.82) is 0 Å². The summed E-state index contributed by atoms with van der Waals surface area (Å²) in [4.78, 5) is 17.3. The van der Waals surface area contributed by atoms with E-state index in [0.717, 1.165) is 37.8 Å². The van der Waals surface area contributed by atoms with Crippen LogP contribution in [0.4, 0.5) is 0 Å². The number of carbonyl (C=O) groups excluding carboxylic acids is 1. The zero-order valence-corrected chi connectivity index (χ0v) is 13.1. The van der Waals surface area contributed by atoms with E-state index in [1.54, 1.807) is 0 Å². The molecule has 114 valence electrons. The van der Waals surface area contributed by atoms with Crippen molar-refractivity contribution < 1.29 is 4.79 Å². The summed E-state index contributed by atoms with van der Waals surface area (Å²) in [6.45, 7) is 6.96. The Morgan fingerprint density at radius 2 is 1.67 bits per heavy atom. The number of ketones is 1. The number of rotatable bonds is 4. The molecule has 1 heterocycles. The highest BCUT2D eigenvalue weighted by molar-refractivity contribution is 5.97. The maximum Gasteiger partial charge on any atom is 0.176 e. The molecule has 1 saturated heterocycles. The fourth-order valence-corrected chi connectivity index (χ4v) is 3.59. The highest BCUT2D eigenvalue weighted by Crippen LogP contribution is 2.24. The number of aryl methyl sites for hydroxylation is 1. The van der Waals surface area contributed by atoms with Crippen LogP contribution in [0.25, 0.3) is 0 Å². The van der Waals surface area contributed by atoms with Crippen molar-refractivity contribution >= 4 is 5.78 Å². The third kappa shape index (κ3) is 3.72. The average molecular weight is 286 g/mol. The minimum Gasteiger partial charge on any atom is -0.298 e. The van der Waals surface area contributed by atoms with Crippen LogP contribution >= 0.6 is 0 Å². The number of Topliss-reactive ketones (excluding diaryl/α,β-unsaturated/α-hetero) is 1. The molecule has 0 aromatic heterocycles. The Labute approximate surface area is 127 Å². The number of carbonyl (C=O) groups is 1. The van der Waals surface area contributed by atoms with Crippen molar-refractivity contribution in [2.45, 2.75) is 38.6 Å². The van der Waals surface area contributed by atoms with Gasteiger partial charge in [-0.3, -0.25) is 14.6 Å². The van der Waals surface area contributed by atoms with Gasteiger partial charge in [-0.15, -0.1) is 0 Å². The third-order valence-corrected chi connectivity index (χ3v) is 4.99. The molecule has 1 saturated carbocycles. The van der Waals surface area contributed by atoms with E-state index in [9.17, 15) is 4.79 Å². The van der Waals surface area contributed by atoms with Crippen molar-refractivity contribution in [1.82, 2.24) is 9.80 Å². The SMILES string of the molecule is Cc1ccc(C(=O)CN2CCN(C3CCCC3)CC2)cc1. The van der Waals surface area contributed by atoms with Crippen LogP contribution in [-0.4, -0.2) is 54.3 Å². The molecule has 3 nitrogen and oxygen atoms in total. The molecule has 1 aliphatic carbocycles. The number of nitrogens with zero attached hydrogens (tertiary/aromatic N) is 2. The van der Waals surface area contributed by atoms with E-state index in [2.05, 4.69) is 16.7 Å². The summed E-state index contributed by atoms with van der Waals surface area (Å²) in [5.74, 6) is 0.254. The summed E-state index contributed by atoms with van der Waals surface area (Å²) >= 11 is 0. The van der Waals surface area contributed by atoms with Gasteiger partial charge in [0.1, 0.15) is 0 Å². The first-order valence-corrected chi connectivity index (χ1v) is 8.28. The van der Waals surface area contributed by atoms with E-state index in [-0.39, 0.29) is 5.78 Å². The zero-order valence-electron chi connectivity index (χ0n) is 13.1. The monoisotopic (exact) mass is 286 g/mol. The van der Waals surface area contributed by atoms with E-state index in [1.807, 2.05) is 24.3 Å². The number of piperazine rings is 1. The average Bonchev–Trinajstić information content (AvgIpc) is 3.03. The third-order valence-electron chi connectivity index (χ3n) is 4.99. The lowest BCUT2D eigenvalue weighted by Crippen LogP contribution is -2.50. The van der Waals surface area contributed by atoms with Crippen LogP contribution < -0.4 is 0 Å². The second-order valence-corrected chi connectivity index (χ2v) is 6.54. The van der Waals surface area contributed by atoms with E-state index < -0.39 is 0 Å². The first-order valence-electron chi connectivity index (χ1n) is 8.28. The lowest BCUT2D eigenvalue weighted by atomic mass is 10.1. The Balaban J connectivity index is 1.48. The predicted molar refractivity (Wildman–Crippen MR) is 85.8 cm³/mol. The maximum atomic E-state index is 12.3. The number of hydrogen-bond donors (Lipinski definition) is 0. The van der Waals surface area contributed by atoms with Crippen LogP contribution in [0.1, 0.15) is 41.6 Å². The largest absolute Gasteiger partial charge is 0.298 e. The quantitative estimate of drug-likeness (QED) is 0.795. The molecule has 1 aromatic rings. The van der Waals surface area contributed by atoms with Gasteiger partial charge in [-0.2, -0.15) is 0 Å². The second-order valence-electron chi connectivity index (χ2n) is 6.54. The first kappa shape index (κ1) is 14.7. The lowest BCUT2D eigenvalue weighted by molar-refractivity contribution is 0.0775. The summed E-state index contributed by atoms with van der Waals surface area (Å²) in [5, 5.41) is 0. The number of hydrogen-bond acceptors (Lipinski definition) is 3. The summed E-state index contributed by atoms with van der Waals surface area (Å²) in [7, 11) is 0. The number of benzene rings is 1. The Bertz CT molecular complexity index is 468. The Kier molecular flexibility index (Phi) is 4.71. The van der Waals surface area contributed by atoms with Crippen molar-refractivity contribution in [2.24, 2.45) is 0 Å². The van der Waals surface area contributed by atoms with Crippen LogP contribution in [0.5, 0.6) is 0 Å². The van der Waals surface area contributed by atoms with E-state index in [0.29, 0.717) is 6.54 Å². The summed E-state index contributed by atoms with van der Waals surface area (Å²) < 4.78 is 0. The molecule has 1 aliphatic heterocycles. The molecule has 3 heteroatoms. The van der Waals surface area contributed by atoms with Crippen LogP contribution in [0.2, 0.25) is 0 Å². The van der Waals surface area contributed by atoms with Gasteiger partial charge in [-0.25, -0.2) is 0 Å². The molecule has 0 amide bonds. The fourth-order valence-electron chi connectivity index (χ4n) is 3.59. The van der Waals surface area contributed by atoms with Gasteiger partial charge in [0.25, 0.3) is 0 Å². The molecule has 1 aromatic carbocycles. The summed E-state index contributed by atoms with van der Waals surface area (Å²) in [6.07, 6.45) is 5.55. The minimum atomic E-state index is 0.254. The van der Waals surface area contributed by atoms with Gasteiger partial charge in [0.2, 0.25) is 0 Å². The molecule has 0 atom stereocenters. The Morgan fingerprint density at radius 1 is 1.05 bits per heavy atom. The van der Waals surface area contributed by atoms with Gasteiger partial charge in [-0.05, 0) is 19.8 Å². The molecule has 0 bridgehead atoms. The second kappa shape index (κ2) is 6.71. The molecule has 0 spiro atoms. The van der Waals surface area contributed by atoms with E-state index in [4.69, 9.17) is 0 Å². The van der Waals surface area contributed by atoms with E-state index >= 15 is 0 Å². The molecule has 3 rings (SSSR count). The highest BCUT2D eigenvalue weighted by atomic mass is 16.1. The molecule has 2 fully saturated rings. The minimum absolute atomic E-state index is 0.254. The predicted octanol–water partition coefficient (Wildman–Crippen LogP) is 2.74. The van der Waals surface area contributed by atoms with Crippen molar-refractivity contribution in [3.8, 4) is 0 Å². The zero-order chi connectivity index (χ0) is 14.7. The maximum absolute atomic E-state index is 12.3. The molecular formula is C18H26N2O. The smallest absolute Gasteiger partial charge is 0.176 e. The molecule has 0 N–H and O–H groups in total. The topological polar surface area (TPSA) is 23.6 Å².